The molecule has 1 aliphatic heterocycles. The maximum Gasteiger partial charge on any atom is 0.289 e. The average molecular weight is 258 g/mol. The number of rotatable bonds is 1. The molecule has 2 heterocycles. The highest BCUT2D eigenvalue weighted by Crippen LogP contribution is 2.22. The number of fused-ring (bicyclic) bond motifs is 1. The van der Waals surface area contributed by atoms with Crippen molar-refractivity contribution in [3.05, 3.63) is 35.6 Å². The van der Waals surface area contributed by atoms with E-state index in [0.717, 1.165) is 35.9 Å². The van der Waals surface area contributed by atoms with Crippen LogP contribution in [0.2, 0.25) is 0 Å². The molecule has 3 rings (SSSR count). The summed E-state index contributed by atoms with van der Waals surface area (Å²) >= 11 is 0. The van der Waals surface area contributed by atoms with E-state index in [0.29, 0.717) is 12.3 Å². The molecule has 1 saturated heterocycles. The van der Waals surface area contributed by atoms with E-state index in [9.17, 15) is 4.79 Å². The Balaban J connectivity index is 1.88. The molecular weight excluding hydrogens is 240 g/mol. The number of likely N-dealkylation sites (tertiary alicyclic amines) is 1. The summed E-state index contributed by atoms with van der Waals surface area (Å²) in [5, 5.41) is 0.977. The molecule has 1 aromatic carbocycles. The Morgan fingerprint density at radius 2 is 2.26 bits per heavy atom. The Kier molecular flexibility index (Phi) is 3.03. The van der Waals surface area contributed by atoms with Gasteiger partial charge in [0.2, 0.25) is 0 Å². The zero-order chi connectivity index (χ0) is 13.4. The van der Waals surface area contributed by atoms with E-state index in [1.807, 2.05) is 31.2 Å². The molecule has 2 aromatic rings. The van der Waals surface area contributed by atoms with Crippen molar-refractivity contribution in [3.63, 3.8) is 0 Å². The molecule has 1 aromatic heterocycles. The summed E-state index contributed by atoms with van der Waals surface area (Å²) in [6, 6.07) is 7.83. The number of hydrogen-bond acceptors (Lipinski definition) is 3. The van der Waals surface area contributed by atoms with Gasteiger partial charge in [-0.15, -0.1) is 0 Å². The lowest BCUT2D eigenvalue weighted by Crippen LogP contribution is -2.45. The van der Waals surface area contributed by atoms with Crippen molar-refractivity contribution in [2.45, 2.75) is 25.8 Å². The van der Waals surface area contributed by atoms with Crippen LogP contribution in [0.5, 0.6) is 0 Å². The third-order valence-electron chi connectivity index (χ3n) is 3.63. The van der Waals surface area contributed by atoms with Crippen LogP contribution in [0, 0.1) is 6.92 Å². The first-order valence-electron chi connectivity index (χ1n) is 6.68. The van der Waals surface area contributed by atoms with Crippen molar-refractivity contribution in [2.75, 3.05) is 13.1 Å². The molecule has 0 unspecified atom stereocenters. The minimum Gasteiger partial charge on any atom is -0.451 e. The molecule has 1 atom stereocenters. The van der Waals surface area contributed by atoms with Crippen molar-refractivity contribution < 1.29 is 9.21 Å². The average Bonchev–Trinajstić information content (AvgIpc) is 2.80. The summed E-state index contributed by atoms with van der Waals surface area (Å²) < 4.78 is 5.64. The van der Waals surface area contributed by atoms with E-state index in [-0.39, 0.29) is 11.9 Å². The van der Waals surface area contributed by atoms with Crippen molar-refractivity contribution >= 4 is 16.9 Å². The fourth-order valence-electron chi connectivity index (χ4n) is 2.62. The van der Waals surface area contributed by atoms with Gasteiger partial charge in [0, 0.05) is 24.5 Å². The third kappa shape index (κ3) is 2.36. The predicted molar refractivity (Wildman–Crippen MR) is 74.1 cm³/mol. The molecule has 0 radical (unpaired) electrons. The normalized spacial score (nSPS) is 19.9. The molecule has 0 spiro atoms. The van der Waals surface area contributed by atoms with Crippen LogP contribution in [0.1, 0.15) is 29.0 Å². The number of aryl methyl sites for hydroxylation is 1. The van der Waals surface area contributed by atoms with Crippen LogP contribution in [0.3, 0.4) is 0 Å². The smallest absolute Gasteiger partial charge is 0.289 e. The first-order chi connectivity index (χ1) is 9.13. The predicted octanol–water partition coefficient (Wildman–Crippen LogP) is 2.30. The summed E-state index contributed by atoms with van der Waals surface area (Å²) in [7, 11) is 0. The van der Waals surface area contributed by atoms with E-state index in [4.69, 9.17) is 10.2 Å². The number of nitrogens with zero attached hydrogens (tertiary/aromatic N) is 1. The molecule has 4 nitrogen and oxygen atoms in total. The molecule has 0 aliphatic carbocycles. The Morgan fingerprint density at radius 1 is 1.42 bits per heavy atom. The lowest BCUT2D eigenvalue weighted by atomic mass is 10.1. The lowest BCUT2D eigenvalue weighted by Gasteiger charge is -2.29. The van der Waals surface area contributed by atoms with Crippen molar-refractivity contribution in [1.29, 1.82) is 0 Å². The lowest BCUT2D eigenvalue weighted by molar-refractivity contribution is 0.0679. The molecule has 0 saturated carbocycles. The van der Waals surface area contributed by atoms with Gasteiger partial charge in [0.25, 0.3) is 5.91 Å². The number of carbonyl (C=O) groups excluding carboxylic acids is 1. The zero-order valence-electron chi connectivity index (χ0n) is 11.1. The highest BCUT2D eigenvalue weighted by atomic mass is 16.3. The monoisotopic (exact) mass is 258 g/mol. The molecule has 1 fully saturated rings. The van der Waals surface area contributed by atoms with Crippen LogP contribution in [0.25, 0.3) is 11.0 Å². The van der Waals surface area contributed by atoms with Gasteiger partial charge >= 0.3 is 0 Å². The number of hydrogen-bond donors (Lipinski definition) is 1. The molecule has 1 aliphatic rings. The molecule has 4 heteroatoms. The van der Waals surface area contributed by atoms with E-state index < -0.39 is 0 Å². The first kappa shape index (κ1) is 12.2. The van der Waals surface area contributed by atoms with Crippen LogP contribution in [-0.2, 0) is 0 Å². The van der Waals surface area contributed by atoms with E-state index in [2.05, 4.69) is 0 Å². The fourth-order valence-corrected chi connectivity index (χ4v) is 2.62. The van der Waals surface area contributed by atoms with Crippen LogP contribution in [0.4, 0.5) is 0 Å². The number of amides is 1. The number of carbonyl (C=O) groups is 1. The van der Waals surface area contributed by atoms with Crippen LogP contribution >= 0.6 is 0 Å². The van der Waals surface area contributed by atoms with Crippen molar-refractivity contribution in [2.24, 2.45) is 5.73 Å². The number of piperidine rings is 1. The Labute approximate surface area is 112 Å². The van der Waals surface area contributed by atoms with Gasteiger partial charge in [-0.25, -0.2) is 0 Å². The van der Waals surface area contributed by atoms with Crippen molar-refractivity contribution in [3.8, 4) is 0 Å². The second-order valence-electron chi connectivity index (χ2n) is 5.31. The van der Waals surface area contributed by atoms with Gasteiger partial charge in [-0.1, -0.05) is 11.6 Å². The maximum atomic E-state index is 12.4. The minimum absolute atomic E-state index is 0.0518. The quantitative estimate of drug-likeness (QED) is 0.853. The van der Waals surface area contributed by atoms with Gasteiger partial charge in [-0.05, 0) is 38.0 Å². The molecule has 100 valence electrons. The second kappa shape index (κ2) is 4.70. The first-order valence-corrected chi connectivity index (χ1v) is 6.68. The fraction of sp³-hybridized carbons (Fsp3) is 0.400. The van der Waals surface area contributed by atoms with Gasteiger partial charge in [-0.2, -0.15) is 0 Å². The third-order valence-corrected chi connectivity index (χ3v) is 3.63. The second-order valence-corrected chi connectivity index (χ2v) is 5.31. The Bertz CT molecular complexity index is 618. The highest BCUT2D eigenvalue weighted by Gasteiger charge is 2.24. The molecule has 1 amide bonds. The van der Waals surface area contributed by atoms with Gasteiger partial charge < -0.3 is 15.1 Å². The van der Waals surface area contributed by atoms with Crippen LogP contribution in [-0.4, -0.2) is 29.9 Å². The summed E-state index contributed by atoms with van der Waals surface area (Å²) in [4.78, 5) is 14.2. The Hall–Kier alpha value is -1.81. The van der Waals surface area contributed by atoms with Gasteiger partial charge in [0.1, 0.15) is 5.58 Å². The van der Waals surface area contributed by atoms with E-state index in [1.165, 1.54) is 0 Å². The summed E-state index contributed by atoms with van der Waals surface area (Å²) in [5.74, 6) is 0.360. The summed E-state index contributed by atoms with van der Waals surface area (Å²) in [6.07, 6.45) is 1.95. The number of benzene rings is 1. The van der Waals surface area contributed by atoms with Crippen LogP contribution in [0.15, 0.2) is 28.7 Å². The van der Waals surface area contributed by atoms with Gasteiger partial charge in [0.05, 0.1) is 0 Å². The molecule has 0 bridgehead atoms. The molecular formula is C15H18N2O2. The largest absolute Gasteiger partial charge is 0.451 e. The SMILES string of the molecule is Cc1ccc2oc(C(=O)N3CCC[C@@H](N)C3)cc2c1. The van der Waals surface area contributed by atoms with Gasteiger partial charge in [0.15, 0.2) is 5.76 Å². The maximum absolute atomic E-state index is 12.4. The number of nitrogens with two attached hydrogens (primary N) is 1. The summed E-state index contributed by atoms with van der Waals surface area (Å²) in [5.41, 5.74) is 7.83. The van der Waals surface area contributed by atoms with E-state index >= 15 is 0 Å². The highest BCUT2D eigenvalue weighted by molar-refractivity contribution is 5.96. The standard InChI is InChI=1S/C15H18N2O2/c1-10-4-5-13-11(7-10)8-14(19-13)15(18)17-6-2-3-12(16)9-17/h4-5,7-8,12H,2-3,6,9,16H2,1H3/t12-/m1/s1. The summed E-state index contributed by atoms with van der Waals surface area (Å²) in [6.45, 7) is 3.41. The van der Waals surface area contributed by atoms with Crippen LogP contribution < -0.4 is 5.73 Å². The molecule has 19 heavy (non-hydrogen) atoms. The number of furan rings is 1. The van der Waals surface area contributed by atoms with Gasteiger partial charge in [-0.3, -0.25) is 4.79 Å². The topological polar surface area (TPSA) is 59.5 Å². The van der Waals surface area contributed by atoms with Crippen molar-refractivity contribution in [1.82, 2.24) is 4.90 Å². The van der Waals surface area contributed by atoms with E-state index in [1.54, 1.807) is 4.90 Å². The zero-order valence-corrected chi connectivity index (χ0v) is 11.1. The minimum atomic E-state index is -0.0518. The Morgan fingerprint density at radius 3 is 3.05 bits per heavy atom. The molecule has 2 N–H and O–H groups in total.